The smallest absolute Gasteiger partial charge is 0.0456 e. The lowest BCUT2D eigenvalue weighted by Crippen LogP contribution is -2.11. The summed E-state index contributed by atoms with van der Waals surface area (Å²) in [5.41, 5.74) is 8.25. The van der Waals surface area contributed by atoms with Crippen molar-refractivity contribution in [2.75, 3.05) is 6.54 Å². The van der Waals surface area contributed by atoms with Crippen molar-refractivity contribution in [2.45, 2.75) is 12.3 Å². The van der Waals surface area contributed by atoms with Crippen LogP contribution in [-0.4, -0.2) is 11.5 Å². The van der Waals surface area contributed by atoms with E-state index in [0.717, 1.165) is 6.42 Å². The Kier molecular flexibility index (Phi) is 2.88. The number of hydrogen-bond donors (Lipinski definition) is 2. The lowest BCUT2D eigenvalue weighted by atomic mass is 9.95. The topological polar surface area (TPSA) is 41.8 Å². The molecule has 1 heterocycles. The van der Waals surface area contributed by atoms with E-state index >= 15 is 0 Å². The molecule has 0 saturated heterocycles. The molecular weight excluding hydrogens is 184 g/mol. The largest absolute Gasteiger partial charge is 0.361 e. The first kappa shape index (κ1) is 9.99. The molecule has 0 fully saturated rings. The molecule has 2 heteroatoms. The Labute approximate surface area is 89.8 Å². The van der Waals surface area contributed by atoms with Gasteiger partial charge in [-0.2, -0.15) is 0 Å². The van der Waals surface area contributed by atoms with E-state index in [-0.39, 0.29) is 0 Å². The Morgan fingerprint density at radius 1 is 1.40 bits per heavy atom. The number of H-pyrrole nitrogens is 1. The van der Waals surface area contributed by atoms with Gasteiger partial charge in [0.25, 0.3) is 0 Å². The number of fused-ring (bicyclic) bond motifs is 1. The molecule has 0 bridgehead atoms. The van der Waals surface area contributed by atoms with Crippen LogP contribution in [0.1, 0.15) is 17.9 Å². The highest BCUT2D eigenvalue weighted by molar-refractivity contribution is 5.83. The molecule has 15 heavy (non-hydrogen) atoms. The van der Waals surface area contributed by atoms with Gasteiger partial charge >= 0.3 is 0 Å². The minimum absolute atomic E-state index is 0.374. The molecule has 1 aromatic heterocycles. The fourth-order valence-electron chi connectivity index (χ4n) is 1.98. The molecule has 0 amide bonds. The van der Waals surface area contributed by atoms with E-state index < -0.39 is 0 Å². The lowest BCUT2D eigenvalue weighted by molar-refractivity contribution is 0.716. The maximum absolute atomic E-state index is 5.78. The van der Waals surface area contributed by atoms with E-state index in [2.05, 4.69) is 36.0 Å². The van der Waals surface area contributed by atoms with E-state index in [1.54, 1.807) is 0 Å². The van der Waals surface area contributed by atoms with Gasteiger partial charge in [0.05, 0.1) is 0 Å². The van der Waals surface area contributed by atoms with Crippen molar-refractivity contribution >= 4 is 10.9 Å². The Bertz CT molecular complexity index is 456. The van der Waals surface area contributed by atoms with E-state index in [0.29, 0.717) is 12.5 Å². The summed E-state index contributed by atoms with van der Waals surface area (Å²) in [5, 5.41) is 1.27. The fraction of sp³-hybridized carbons (Fsp3) is 0.231. The number of para-hydroxylation sites is 1. The summed E-state index contributed by atoms with van der Waals surface area (Å²) < 4.78 is 0. The molecule has 1 atom stereocenters. The molecule has 0 aliphatic carbocycles. The van der Waals surface area contributed by atoms with Gasteiger partial charge in [-0.05, 0) is 24.6 Å². The van der Waals surface area contributed by atoms with Gasteiger partial charge in [0, 0.05) is 23.0 Å². The average Bonchev–Trinajstić information content (AvgIpc) is 2.70. The van der Waals surface area contributed by atoms with E-state index in [9.17, 15) is 0 Å². The summed E-state index contributed by atoms with van der Waals surface area (Å²) >= 11 is 0. The zero-order valence-electron chi connectivity index (χ0n) is 8.74. The predicted octanol–water partition coefficient (Wildman–Crippen LogP) is 2.79. The van der Waals surface area contributed by atoms with Gasteiger partial charge in [-0.3, -0.25) is 0 Å². The number of allylic oxidation sites excluding steroid dienone is 1. The molecule has 0 radical (unpaired) electrons. The van der Waals surface area contributed by atoms with Crippen LogP contribution in [0.15, 0.2) is 43.1 Å². The zero-order chi connectivity index (χ0) is 10.7. The summed E-state index contributed by atoms with van der Waals surface area (Å²) in [4.78, 5) is 3.27. The van der Waals surface area contributed by atoms with Gasteiger partial charge < -0.3 is 10.7 Å². The molecule has 0 aliphatic heterocycles. The number of aromatic amines is 1. The highest BCUT2D eigenvalue weighted by Crippen LogP contribution is 2.27. The zero-order valence-corrected chi connectivity index (χ0v) is 8.74. The molecular formula is C13H16N2. The van der Waals surface area contributed by atoms with E-state index in [4.69, 9.17) is 5.73 Å². The number of nitrogens with two attached hydrogens (primary N) is 1. The first-order valence-electron chi connectivity index (χ1n) is 5.23. The third-order valence-electron chi connectivity index (χ3n) is 2.80. The van der Waals surface area contributed by atoms with Crippen molar-refractivity contribution in [1.29, 1.82) is 0 Å². The molecule has 0 aliphatic rings. The molecule has 0 spiro atoms. The molecule has 2 nitrogen and oxygen atoms in total. The number of rotatable bonds is 4. The van der Waals surface area contributed by atoms with Crippen LogP contribution in [0.2, 0.25) is 0 Å². The average molecular weight is 200 g/mol. The Morgan fingerprint density at radius 3 is 2.93 bits per heavy atom. The van der Waals surface area contributed by atoms with Gasteiger partial charge in [0.1, 0.15) is 0 Å². The molecule has 3 N–H and O–H groups in total. The van der Waals surface area contributed by atoms with Crippen molar-refractivity contribution in [3.8, 4) is 0 Å². The molecule has 1 aromatic carbocycles. The fourth-order valence-corrected chi connectivity index (χ4v) is 1.98. The second kappa shape index (κ2) is 4.32. The molecule has 0 saturated carbocycles. The van der Waals surface area contributed by atoms with Gasteiger partial charge in [0.2, 0.25) is 0 Å². The lowest BCUT2D eigenvalue weighted by Gasteiger charge is -2.11. The van der Waals surface area contributed by atoms with Crippen LogP contribution in [0.4, 0.5) is 0 Å². The predicted molar refractivity (Wildman–Crippen MR) is 64.9 cm³/mol. The molecule has 1 unspecified atom stereocenters. The minimum Gasteiger partial charge on any atom is -0.361 e. The van der Waals surface area contributed by atoms with Crippen LogP contribution in [0.25, 0.3) is 10.9 Å². The normalized spacial score (nSPS) is 12.9. The summed E-state index contributed by atoms with van der Waals surface area (Å²) in [5.74, 6) is 0.374. The van der Waals surface area contributed by atoms with Crippen molar-refractivity contribution in [3.63, 3.8) is 0 Å². The first-order chi connectivity index (χ1) is 7.36. The Morgan fingerprint density at radius 2 is 2.20 bits per heavy atom. The number of hydrogen-bond acceptors (Lipinski definition) is 1. The van der Waals surface area contributed by atoms with Crippen LogP contribution in [0, 0.1) is 0 Å². The molecule has 2 aromatic rings. The third-order valence-corrected chi connectivity index (χ3v) is 2.80. The summed E-state index contributed by atoms with van der Waals surface area (Å²) in [6.45, 7) is 4.43. The monoisotopic (exact) mass is 200 g/mol. The molecule has 2 rings (SSSR count). The van der Waals surface area contributed by atoms with Crippen LogP contribution >= 0.6 is 0 Å². The number of aromatic nitrogens is 1. The number of nitrogens with one attached hydrogen (secondary N) is 1. The van der Waals surface area contributed by atoms with E-state index in [1.165, 1.54) is 16.5 Å². The highest BCUT2D eigenvalue weighted by atomic mass is 14.7. The minimum atomic E-state index is 0.374. The Hall–Kier alpha value is -1.54. The summed E-state index contributed by atoms with van der Waals surface area (Å²) in [6.07, 6.45) is 4.92. The van der Waals surface area contributed by atoms with Crippen LogP contribution in [0.3, 0.4) is 0 Å². The van der Waals surface area contributed by atoms with Gasteiger partial charge in [-0.15, -0.1) is 6.58 Å². The Balaban J connectivity index is 2.45. The van der Waals surface area contributed by atoms with Crippen molar-refractivity contribution in [3.05, 3.63) is 48.7 Å². The van der Waals surface area contributed by atoms with Crippen molar-refractivity contribution < 1.29 is 0 Å². The highest BCUT2D eigenvalue weighted by Gasteiger charge is 2.12. The quantitative estimate of drug-likeness (QED) is 0.732. The first-order valence-corrected chi connectivity index (χ1v) is 5.23. The third kappa shape index (κ3) is 1.81. The van der Waals surface area contributed by atoms with Crippen molar-refractivity contribution in [1.82, 2.24) is 4.98 Å². The van der Waals surface area contributed by atoms with Crippen LogP contribution in [-0.2, 0) is 0 Å². The van der Waals surface area contributed by atoms with E-state index in [1.807, 2.05) is 12.1 Å². The second-order valence-corrected chi connectivity index (χ2v) is 3.75. The van der Waals surface area contributed by atoms with Gasteiger partial charge in [-0.1, -0.05) is 24.3 Å². The molecule has 78 valence electrons. The van der Waals surface area contributed by atoms with Gasteiger partial charge in [0.15, 0.2) is 0 Å². The maximum Gasteiger partial charge on any atom is 0.0456 e. The SMILES string of the molecule is C=CCC(CN)c1c[nH]c2ccccc12. The maximum atomic E-state index is 5.78. The number of benzene rings is 1. The van der Waals surface area contributed by atoms with Crippen LogP contribution < -0.4 is 5.73 Å². The second-order valence-electron chi connectivity index (χ2n) is 3.75. The van der Waals surface area contributed by atoms with Crippen molar-refractivity contribution in [2.24, 2.45) is 5.73 Å². The summed E-state index contributed by atoms with van der Waals surface area (Å²) in [7, 11) is 0. The van der Waals surface area contributed by atoms with Gasteiger partial charge in [-0.25, -0.2) is 0 Å². The standard InChI is InChI=1S/C13H16N2/c1-2-5-10(8-14)12-9-15-13-7-4-3-6-11(12)13/h2-4,6-7,9-10,15H,1,5,8,14H2. The summed E-state index contributed by atoms with van der Waals surface area (Å²) in [6, 6.07) is 8.31. The van der Waals surface area contributed by atoms with Crippen LogP contribution in [0.5, 0.6) is 0 Å².